The highest BCUT2D eigenvalue weighted by Gasteiger charge is 2.30. The molecule has 0 unspecified atom stereocenters. The van der Waals surface area contributed by atoms with Gasteiger partial charge >= 0.3 is 0 Å². The molecule has 1 heterocycles. The van der Waals surface area contributed by atoms with Crippen molar-refractivity contribution in [2.24, 2.45) is 0 Å². The summed E-state index contributed by atoms with van der Waals surface area (Å²) in [7, 11) is 0. The maximum atomic E-state index is 12.6. The van der Waals surface area contributed by atoms with Gasteiger partial charge in [0.05, 0.1) is 6.04 Å². The highest BCUT2D eigenvalue weighted by molar-refractivity contribution is 5.90. The molecule has 7 nitrogen and oxygen atoms in total. The van der Waals surface area contributed by atoms with Crippen LogP contribution in [0.15, 0.2) is 43.0 Å². The second-order valence-electron chi connectivity index (χ2n) is 6.19. The Bertz CT molecular complexity index is 668. The molecule has 0 aliphatic rings. The second-order valence-corrected chi connectivity index (χ2v) is 6.19. The molecule has 0 bridgehead atoms. The zero-order valence-electron chi connectivity index (χ0n) is 14.2. The molecular formula is C17H23N5O2. The number of carbonyl (C=O) groups excluding carboxylic acids is 2. The van der Waals surface area contributed by atoms with Crippen molar-refractivity contribution in [3.8, 4) is 0 Å². The van der Waals surface area contributed by atoms with Gasteiger partial charge in [0.25, 0.3) is 0 Å². The van der Waals surface area contributed by atoms with E-state index in [1.807, 2.05) is 30.3 Å². The number of nitrogens with zero attached hydrogens (tertiary/aromatic N) is 3. The zero-order chi connectivity index (χ0) is 17.6. The number of carbonyl (C=O) groups is 2. The molecule has 0 saturated carbocycles. The zero-order valence-corrected chi connectivity index (χ0v) is 14.2. The number of nitrogens with one attached hydrogen (secondary N) is 2. The van der Waals surface area contributed by atoms with Gasteiger partial charge in [0.15, 0.2) is 0 Å². The smallest absolute Gasteiger partial charge is 0.245 e. The van der Waals surface area contributed by atoms with Crippen molar-refractivity contribution >= 4 is 11.8 Å². The molecule has 2 aromatic rings. The number of amides is 2. The molecule has 1 aromatic carbocycles. The molecule has 1 atom stereocenters. The number of benzene rings is 1. The predicted octanol–water partition coefficient (Wildman–Crippen LogP) is 1.44. The fourth-order valence-electron chi connectivity index (χ4n) is 2.45. The van der Waals surface area contributed by atoms with E-state index in [1.165, 1.54) is 13.3 Å². The van der Waals surface area contributed by atoms with Crippen LogP contribution in [0, 0.1) is 0 Å². The van der Waals surface area contributed by atoms with Crippen LogP contribution in [0.5, 0.6) is 0 Å². The molecule has 0 saturated heterocycles. The third-order valence-electron chi connectivity index (χ3n) is 3.68. The molecule has 2 N–H and O–H groups in total. The largest absolute Gasteiger partial charge is 0.347 e. The molecule has 128 valence electrons. The monoisotopic (exact) mass is 329 g/mol. The summed E-state index contributed by atoms with van der Waals surface area (Å²) in [5.74, 6) is -0.473. The van der Waals surface area contributed by atoms with Gasteiger partial charge in [0.2, 0.25) is 11.8 Å². The molecule has 24 heavy (non-hydrogen) atoms. The quantitative estimate of drug-likeness (QED) is 0.804. The second kappa shape index (κ2) is 7.72. The van der Waals surface area contributed by atoms with Gasteiger partial charge in [-0.15, -0.1) is 0 Å². The lowest BCUT2D eigenvalue weighted by Gasteiger charge is -2.28. The molecule has 7 heteroatoms. The van der Waals surface area contributed by atoms with Gasteiger partial charge < -0.3 is 10.6 Å². The van der Waals surface area contributed by atoms with Crippen molar-refractivity contribution in [1.82, 2.24) is 25.4 Å². The Morgan fingerprint density at radius 2 is 1.96 bits per heavy atom. The molecule has 0 spiro atoms. The third-order valence-corrected chi connectivity index (χ3v) is 3.68. The Morgan fingerprint density at radius 3 is 2.54 bits per heavy atom. The topological polar surface area (TPSA) is 88.9 Å². The van der Waals surface area contributed by atoms with Gasteiger partial charge in [-0.1, -0.05) is 30.3 Å². The number of aromatic nitrogens is 3. The molecule has 0 radical (unpaired) electrons. The third kappa shape index (κ3) is 4.91. The molecular weight excluding hydrogens is 306 g/mol. The average Bonchev–Trinajstić information content (AvgIpc) is 3.04. The summed E-state index contributed by atoms with van der Waals surface area (Å²) < 4.78 is 1.72. The predicted molar refractivity (Wildman–Crippen MR) is 89.9 cm³/mol. The summed E-state index contributed by atoms with van der Waals surface area (Å²) in [6.07, 6.45) is 3.79. The Hall–Kier alpha value is -2.70. The van der Waals surface area contributed by atoms with Crippen molar-refractivity contribution in [1.29, 1.82) is 0 Å². The van der Waals surface area contributed by atoms with Crippen LogP contribution in [0.3, 0.4) is 0 Å². The molecule has 0 aliphatic heterocycles. The Morgan fingerprint density at radius 1 is 1.25 bits per heavy atom. The minimum absolute atomic E-state index is 0.184. The average molecular weight is 329 g/mol. The van der Waals surface area contributed by atoms with E-state index in [0.717, 1.165) is 5.56 Å². The summed E-state index contributed by atoms with van der Waals surface area (Å²) >= 11 is 0. The molecule has 0 aliphatic carbocycles. The van der Waals surface area contributed by atoms with Crippen molar-refractivity contribution in [3.05, 3.63) is 48.5 Å². The fraction of sp³-hybridized carbons (Fsp3) is 0.412. The van der Waals surface area contributed by atoms with Crippen molar-refractivity contribution in [3.63, 3.8) is 0 Å². The Balaban J connectivity index is 2.10. The lowest BCUT2D eigenvalue weighted by molar-refractivity contribution is -0.132. The van der Waals surface area contributed by atoms with Gasteiger partial charge in [-0.25, -0.2) is 4.98 Å². The molecule has 2 amide bonds. The van der Waals surface area contributed by atoms with Crippen LogP contribution in [0.25, 0.3) is 0 Å². The van der Waals surface area contributed by atoms with Crippen LogP contribution >= 0.6 is 0 Å². The van der Waals surface area contributed by atoms with Crippen molar-refractivity contribution in [2.45, 2.75) is 45.3 Å². The maximum Gasteiger partial charge on any atom is 0.245 e. The molecule has 2 rings (SSSR count). The van der Waals surface area contributed by atoms with Crippen LogP contribution in [0.4, 0.5) is 0 Å². The number of rotatable bonds is 7. The van der Waals surface area contributed by atoms with E-state index in [9.17, 15) is 9.59 Å². The van der Waals surface area contributed by atoms with E-state index in [4.69, 9.17) is 0 Å². The van der Waals surface area contributed by atoms with Gasteiger partial charge in [0, 0.05) is 13.5 Å². The van der Waals surface area contributed by atoms with Gasteiger partial charge in [-0.05, 0) is 25.8 Å². The van der Waals surface area contributed by atoms with Crippen molar-refractivity contribution in [2.75, 3.05) is 0 Å². The lowest BCUT2D eigenvalue weighted by atomic mass is 9.99. The first-order valence-corrected chi connectivity index (χ1v) is 7.85. The van der Waals surface area contributed by atoms with Gasteiger partial charge in [-0.2, -0.15) is 5.10 Å². The first-order valence-electron chi connectivity index (χ1n) is 7.85. The highest BCUT2D eigenvalue weighted by Crippen LogP contribution is 2.18. The van der Waals surface area contributed by atoms with Crippen LogP contribution in [-0.4, -0.2) is 32.1 Å². The van der Waals surface area contributed by atoms with E-state index in [-0.39, 0.29) is 17.9 Å². The van der Waals surface area contributed by atoms with Gasteiger partial charge in [0.1, 0.15) is 18.2 Å². The molecule has 0 fully saturated rings. The van der Waals surface area contributed by atoms with Crippen molar-refractivity contribution < 1.29 is 9.59 Å². The first kappa shape index (κ1) is 17.7. The fourth-order valence-corrected chi connectivity index (χ4v) is 2.45. The minimum atomic E-state index is -0.980. The minimum Gasteiger partial charge on any atom is -0.347 e. The normalized spacial score (nSPS) is 12.5. The van der Waals surface area contributed by atoms with E-state index in [1.54, 1.807) is 24.9 Å². The van der Waals surface area contributed by atoms with E-state index >= 15 is 0 Å². The van der Waals surface area contributed by atoms with E-state index in [2.05, 4.69) is 20.7 Å². The number of aryl methyl sites for hydroxylation is 1. The standard InChI is InChI=1S/C17H23N5O2/c1-13(23)21-17(2,3)16(24)20-15(14-7-5-4-6-8-14)9-10-22-12-18-11-19-22/h4-8,11-12,15H,9-10H2,1-3H3,(H,20,24)(H,21,23)/t15-/m1/s1. The number of hydrogen-bond donors (Lipinski definition) is 2. The summed E-state index contributed by atoms with van der Waals surface area (Å²) in [6, 6.07) is 9.55. The highest BCUT2D eigenvalue weighted by atomic mass is 16.2. The van der Waals surface area contributed by atoms with Crippen LogP contribution in [0.2, 0.25) is 0 Å². The SMILES string of the molecule is CC(=O)NC(C)(C)C(=O)N[C@H](CCn1cncn1)c1ccccc1. The van der Waals surface area contributed by atoms with E-state index < -0.39 is 5.54 Å². The summed E-state index contributed by atoms with van der Waals surface area (Å²) in [5.41, 5.74) is 0.0242. The lowest BCUT2D eigenvalue weighted by Crippen LogP contribution is -2.54. The summed E-state index contributed by atoms with van der Waals surface area (Å²) in [4.78, 5) is 27.8. The maximum absolute atomic E-state index is 12.6. The van der Waals surface area contributed by atoms with Crippen LogP contribution < -0.4 is 10.6 Å². The summed E-state index contributed by atoms with van der Waals surface area (Å²) in [6.45, 7) is 5.39. The summed E-state index contributed by atoms with van der Waals surface area (Å²) in [5, 5.41) is 9.78. The Kier molecular flexibility index (Phi) is 5.68. The Labute approximate surface area is 141 Å². The van der Waals surface area contributed by atoms with Crippen LogP contribution in [0.1, 0.15) is 38.8 Å². The first-order chi connectivity index (χ1) is 11.4. The van der Waals surface area contributed by atoms with Gasteiger partial charge in [-0.3, -0.25) is 14.3 Å². The van der Waals surface area contributed by atoms with Crippen LogP contribution in [-0.2, 0) is 16.1 Å². The molecule has 1 aromatic heterocycles. The number of hydrogen-bond acceptors (Lipinski definition) is 4. The van der Waals surface area contributed by atoms with E-state index in [0.29, 0.717) is 13.0 Å².